The largest absolute Gasteiger partial charge is 0.481 e. The summed E-state index contributed by atoms with van der Waals surface area (Å²) >= 11 is 0. The van der Waals surface area contributed by atoms with E-state index in [1.54, 1.807) is 0 Å². The maximum Gasteiger partial charge on any atom is 0.304 e. The lowest BCUT2D eigenvalue weighted by Gasteiger charge is -2.14. The van der Waals surface area contributed by atoms with E-state index in [4.69, 9.17) is 5.11 Å². The molecule has 1 saturated heterocycles. The molecule has 0 radical (unpaired) electrons. The quantitative estimate of drug-likeness (QED) is 0.841. The van der Waals surface area contributed by atoms with Gasteiger partial charge >= 0.3 is 5.97 Å². The topological polar surface area (TPSA) is 40.5 Å². The summed E-state index contributed by atoms with van der Waals surface area (Å²) in [5.41, 5.74) is 1.38. The lowest BCUT2D eigenvalue weighted by Crippen LogP contribution is -2.23. The van der Waals surface area contributed by atoms with Gasteiger partial charge in [-0.25, -0.2) is 0 Å². The van der Waals surface area contributed by atoms with Crippen LogP contribution in [0.15, 0.2) is 30.3 Å². The van der Waals surface area contributed by atoms with E-state index >= 15 is 0 Å². The van der Waals surface area contributed by atoms with Crippen molar-refractivity contribution < 1.29 is 9.90 Å². The van der Waals surface area contributed by atoms with Gasteiger partial charge in [-0.3, -0.25) is 4.79 Å². The van der Waals surface area contributed by atoms with Gasteiger partial charge < -0.3 is 10.0 Å². The maximum absolute atomic E-state index is 10.5. The van der Waals surface area contributed by atoms with Crippen molar-refractivity contribution in [2.45, 2.75) is 18.8 Å². The lowest BCUT2D eigenvalue weighted by atomic mass is 9.99. The summed E-state index contributed by atoms with van der Waals surface area (Å²) in [5, 5.41) is 8.63. The van der Waals surface area contributed by atoms with Gasteiger partial charge in [-0.05, 0) is 24.4 Å². The summed E-state index contributed by atoms with van der Waals surface area (Å²) in [6, 6.07) is 10.5. The molecule has 1 fully saturated rings. The summed E-state index contributed by atoms with van der Waals surface area (Å²) in [7, 11) is 0. The van der Waals surface area contributed by atoms with E-state index in [0.717, 1.165) is 19.5 Å². The molecule has 86 valence electrons. The number of hydrogen-bond donors (Lipinski definition) is 1. The van der Waals surface area contributed by atoms with Gasteiger partial charge in [0, 0.05) is 13.1 Å². The van der Waals surface area contributed by atoms with E-state index in [9.17, 15) is 4.79 Å². The third kappa shape index (κ3) is 2.83. The summed E-state index contributed by atoms with van der Waals surface area (Å²) in [4.78, 5) is 12.7. The Hall–Kier alpha value is -1.35. The molecule has 0 amide bonds. The molecule has 1 aliphatic rings. The van der Waals surface area contributed by atoms with Crippen molar-refractivity contribution in [3.8, 4) is 0 Å². The van der Waals surface area contributed by atoms with Gasteiger partial charge in [-0.15, -0.1) is 0 Å². The SMILES string of the molecule is O=C(O)CCN1CC[C@H](c2ccccc2)C1. The van der Waals surface area contributed by atoms with Crippen molar-refractivity contribution in [2.75, 3.05) is 19.6 Å². The van der Waals surface area contributed by atoms with Crippen LogP contribution >= 0.6 is 0 Å². The van der Waals surface area contributed by atoms with E-state index < -0.39 is 5.97 Å². The summed E-state index contributed by atoms with van der Waals surface area (Å²) in [6.45, 7) is 2.70. The van der Waals surface area contributed by atoms with Crippen LogP contribution in [0, 0.1) is 0 Å². The molecule has 3 nitrogen and oxygen atoms in total. The molecule has 16 heavy (non-hydrogen) atoms. The first kappa shape index (κ1) is 11.1. The lowest BCUT2D eigenvalue weighted by molar-refractivity contribution is -0.137. The molecule has 2 rings (SSSR count). The first-order valence-corrected chi connectivity index (χ1v) is 5.75. The van der Waals surface area contributed by atoms with Crippen molar-refractivity contribution in [3.63, 3.8) is 0 Å². The second-order valence-electron chi connectivity index (χ2n) is 4.34. The van der Waals surface area contributed by atoms with E-state index in [1.807, 2.05) is 6.07 Å². The van der Waals surface area contributed by atoms with Crippen LogP contribution < -0.4 is 0 Å². The van der Waals surface area contributed by atoms with Crippen molar-refractivity contribution in [3.05, 3.63) is 35.9 Å². The van der Waals surface area contributed by atoms with Crippen LogP contribution in [0.25, 0.3) is 0 Å². The molecular weight excluding hydrogens is 202 g/mol. The van der Waals surface area contributed by atoms with Gasteiger partial charge in [0.05, 0.1) is 6.42 Å². The third-order valence-corrected chi connectivity index (χ3v) is 3.19. The van der Waals surface area contributed by atoms with Crippen LogP contribution in [0.2, 0.25) is 0 Å². The molecule has 0 saturated carbocycles. The minimum Gasteiger partial charge on any atom is -0.481 e. The second-order valence-corrected chi connectivity index (χ2v) is 4.34. The van der Waals surface area contributed by atoms with Gasteiger partial charge in [0.1, 0.15) is 0 Å². The third-order valence-electron chi connectivity index (χ3n) is 3.19. The zero-order chi connectivity index (χ0) is 11.4. The van der Waals surface area contributed by atoms with Crippen LogP contribution in [0.3, 0.4) is 0 Å². The van der Waals surface area contributed by atoms with E-state index in [-0.39, 0.29) is 6.42 Å². The van der Waals surface area contributed by atoms with Crippen LogP contribution in [0.1, 0.15) is 24.3 Å². The predicted molar refractivity (Wildman–Crippen MR) is 62.5 cm³/mol. The molecular formula is C13H17NO2. The molecule has 1 atom stereocenters. The highest BCUT2D eigenvalue weighted by Gasteiger charge is 2.23. The average molecular weight is 219 g/mol. The summed E-state index contributed by atoms with van der Waals surface area (Å²) < 4.78 is 0. The van der Waals surface area contributed by atoms with Crippen molar-refractivity contribution in [2.24, 2.45) is 0 Å². The first-order valence-electron chi connectivity index (χ1n) is 5.75. The number of nitrogens with zero attached hydrogens (tertiary/aromatic N) is 1. The molecule has 0 aromatic heterocycles. The van der Waals surface area contributed by atoms with Gasteiger partial charge in [-0.1, -0.05) is 30.3 Å². The molecule has 0 unspecified atom stereocenters. The number of aliphatic carboxylic acids is 1. The minimum atomic E-state index is -0.705. The van der Waals surface area contributed by atoms with Gasteiger partial charge in [-0.2, -0.15) is 0 Å². The molecule has 3 heteroatoms. The van der Waals surface area contributed by atoms with Crippen molar-refractivity contribution in [1.82, 2.24) is 4.90 Å². The number of benzene rings is 1. The Morgan fingerprint density at radius 2 is 2.12 bits per heavy atom. The number of hydrogen-bond acceptors (Lipinski definition) is 2. The highest BCUT2D eigenvalue weighted by molar-refractivity contribution is 5.66. The normalized spacial score (nSPS) is 21.1. The second kappa shape index (κ2) is 5.12. The van der Waals surface area contributed by atoms with Crippen molar-refractivity contribution in [1.29, 1.82) is 0 Å². The van der Waals surface area contributed by atoms with E-state index in [2.05, 4.69) is 29.2 Å². The zero-order valence-corrected chi connectivity index (χ0v) is 9.30. The fourth-order valence-electron chi connectivity index (χ4n) is 2.29. The highest BCUT2D eigenvalue weighted by atomic mass is 16.4. The van der Waals surface area contributed by atoms with Gasteiger partial charge in [0.15, 0.2) is 0 Å². The Morgan fingerprint density at radius 1 is 1.38 bits per heavy atom. The minimum absolute atomic E-state index is 0.251. The predicted octanol–water partition coefficient (Wildman–Crippen LogP) is 1.95. The smallest absolute Gasteiger partial charge is 0.304 e. The van der Waals surface area contributed by atoms with E-state index in [1.165, 1.54) is 5.56 Å². The zero-order valence-electron chi connectivity index (χ0n) is 9.30. The molecule has 1 aromatic rings. The fourth-order valence-corrected chi connectivity index (χ4v) is 2.29. The number of rotatable bonds is 4. The van der Waals surface area contributed by atoms with E-state index in [0.29, 0.717) is 12.5 Å². The Labute approximate surface area is 95.7 Å². The molecule has 1 aliphatic heterocycles. The number of carboxylic acid groups (broad SMARTS) is 1. The molecule has 0 aliphatic carbocycles. The Morgan fingerprint density at radius 3 is 2.81 bits per heavy atom. The van der Waals surface area contributed by atoms with Crippen LogP contribution in [-0.2, 0) is 4.79 Å². The first-order chi connectivity index (χ1) is 7.75. The average Bonchev–Trinajstić information content (AvgIpc) is 2.76. The molecule has 0 bridgehead atoms. The van der Waals surface area contributed by atoms with Crippen molar-refractivity contribution >= 4 is 5.97 Å². The van der Waals surface area contributed by atoms with Crippen LogP contribution in [-0.4, -0.2) is 35.6 Å². The number of likely N-dealkylation sites (tertiary alicyclic amines) is 1. The summed E-state index contributed by atoms with van der Waals surface area (Å²) in [5.74, 6) is -0.127. The molecule has 1 aromatic carbocycles. The number of carbonyl (C=O) groups is 1. The molecule has 1 heterocycles. The number of carboxylic acids is 1. The Kier molecular flexibility index (Phi) is 3.57. The standard InChI is InChI=1S/C13H17NO2/c15-13(16)7-9-14-8-6-12(10-14)11-4-2-1-3-5-11/h1-5,12H,6-10H2,(H,15,16)/t12-/m0/s1. The Balaban J connectivity index is 1.86. The highest BCUT2D eigenvalue weighted by Crippen LogP contribution is 2.26. The summed E-state index contributed by atoms with van der Waals surface area (Å²) in [6.07, 6.45) is 1.39. The van der Waals surface area contributed by atoms with Gasteiger partial charge in [0.2, 0.25) is 0 Å². The van der Waals surface area contributed by atoms with Crippen LogP contribution in [0.5, 0.6) is 0 Å². The van der Waals surface area contributed by atoms with Gasteiger partial charge in [0.25, 0.3) is 0 Å². The monoisotopic (exact) mass is 219 g/mol. The molecule has 0 spiro atoms. The fraction of sp³-hybridized carbons (Fsp3) is 0.462. The maximum atomic E-state index is 10.5. The molecule has 1 N–H and O–H groups in total. The van der Waals surface area contributed by atoms with Crippen LogP contribution in [0.4, 0.5) is 0 Å². The Bertz CT molecular complexity index is 350.